The van der Waals surface area contributed by atoms with Crippen molar-refractivity contribution in [2.45, 2.75) is 43.4 Å². The molecule has 0 spiro atoms. The summed E-state index contributed by atoms with van der Waals surface area (Å²) in [7, 11) is 0. The highest BCUT2D eigenvalue weighted by Crippen LogP contribution is 2.32. The van der Waals surface area contributed by atoms with Crippen LogP contribution in [0.5, 0.6) is 0 Å². The number of non-ortho nitro benzene ring substituents is 1. The Morgan fingerprint density at radius 3 is 2.62 bits per heavy atom. The second kappa shape index (κ2) is 10.7. The number of nitro benzene ring substituents is 1. The van der Waals surface area contributed by atoms with Gasteiger partial charge >= 0.3 is 6.09 Å². The summed E-state index contributed by atoms with van der Waals surface area (Å²) in [5.41, 5.74) is 0.574. The van der Waals surface area contributed by atoms with Crippen LogP contribution >= 0.6 is 24.4 Å². The van der Waals surface area contributed by atoms with Crippen LogP contribution in [0, 0.1) is 10.1 Å². The van der Waals surface area contributed by atoms with Crippen molar-refractivity contribution in [3.8, 4) is 0 Å². The van der Waals surface area contributed by atoms with Crippen molar-refractivity contribution >= 4 is 42.1 Å². The van der Waals surface area contributed by atoms with Crippen LogP contribution in [0.15, 0.2) is 24.3 Å². The highest BCUT2D eigenvalue weighted by Gasteiger charge is 2.43. The summed E-state index contributed by atoms with van der Waals surface area (Å²) >= 11 is 5.84. The average molecular weight is 444 g/mol. The third-order valence-electron chi connectivity index (χ3n) is 4.56. The van der Waals surface area contributed by atoms with Gasteiger partial charge in [0, 0.05) is 30.5 Å². The lowest BCUT2D eigenvalue weighted by Gasteiger charge is -2.31. The van der Waals surface area contributed by atoms with Gasteiger partial charge in [-0.2, -0.15) is 12.6 Å². The number of hydroxylamine groups is 2. The van der Waals surface area contributed by atoms with Gasteiger partial charge in [0.05, 0.1) is 11.0 Å². The first-order chi connectivity index (χ1) is 13.8. The van der Waals surface area contributed by atoms with Crippen LogP contribution in [0.4, 0.5) is 10.5 Å². The number of thioether (sulfide) groups is 1. The van der Waals surface area contributed by atoms with Crippen LogP contribution in [-0.4, -0.2) is 67.5 Å². The van der Waals surface area contributed by atoms with Crippen molar-refractivity contribution in [2.75, 3.05) is 18.8 Å². The average Bonchev–Trinajstić information content (AvgIpc) is 3.10. The zero-order chi connectivity index (χ0) is 21.6. The molecule has 0 radical (unpaired) electrons. The standard InChI is InChI=1S/C18H25N3O6S2/c1-3-20(24)17(22)16(29-4-2)15-9-14(28)10-19(15)18(23)27-11-12-5-7-13(8-6-12)21(25)26/h5-8,14-16,24,28H,3-4,9-11H2,1-2H3/t14-,15-,16?/m0/s1. The lowest BCUT2D eigenvalue weighted by atomic mass is 10.1. The van der Waals surface area contributed by atoms with E-state index in [4.69, 9.17) is 4.74 Å². The number of hydrogen-bond acceptors (Lipinski definition) is 8. The maximum absolute atomic E-state index is 12.7. The van der Waals surface area contributed by atoms with Crippen LogP contribution in [-0.2, 0) is 16.1 Å². The van der Waals surface area contributed by atoms with Gasteiger partial charge in [-0.3, -0.25) is 20.1 Å². The van der Waals surface area contributed by atoms with Gasteiger partial charge in [-0.1, -0.05) is 6.92 Å². The van der Waals surface area contributed by atoms with Gasteiger partial charge in [-0.15, -0.1) is 11.8 Å². The van der Waals surface area contributed by atoms with Gasteiger partial charge < -0.3 is 9.64 Å². The van der Waals surface area contributed by atoms with E-state index >= 15 is 0 Å². The number of thiol groups is 1. The summed E-state index contributed by atoms with van der Waals surface area (Å²) in [4.78, 5) is 37.0. The first-order valence-corrected chi connectivity index (χ1v) is 10.8. The monoisotopic (exact) mass is 443 g/mol. The van der Waals surface area contributed by atoms with Crippen molar-refractivity contribution < 1.29 is 24.5 Å². The second-order valence-electron chi connectivity index (χ2n) is 6.52. The molecule has 0 bridgehead atoms. The predicted molar refractivity (Wildman–Crippen MR) is 112 cm³/mol. The van der Waals surface area contributed by atoms with Crippen LogP contribution < -0.4 is 0 Å². The van der Waals surface area contributed by atoms with E-state index in [1.165, 1.54) is 40.9 Å². The van der Waals surface area contributed by atoms with Crippen molar-refractivity contribution in [3.05, 3.63) is 39.9 Å². The Morgan fingerprint density at radius 1 is 1.41 bits per heavy atom. The first-order valence-electron chi connectivity index (χ1n) is 9.25. The molecule has 11 heteroatoms. The smallest absolute Gasteiger partial charge is 0.410 e. The molecule has 1 aromatic carbocycles. The minimum absolute atomic E-state index is 0.0416. The molecule has 1 aliphatic heterocycles. The van der Waals surface area contributed by atoms with Gasteiger partial charge in [-0.25, -0.2) is 9.86 Å². The molecular formula is C18H25N3O6S2. The van der Waals surface area contributed by atoms with E-state index in [-0.39, 0.29) is 24.1 Å². The number of carbonyl (C=O) groups is 2. The Balaban J connectivity index is 2.08. The summed E-state index contributed by atoms with van der Waals surface area (Å²) in [5.74, 6) is 0.202. The third-order valence-corrected chi connectivity index (χ3v) is 6.14. The van der Waals surface area contributed by atoms with Gasteiger partial charge in [0.2, 0.25) is 0 Å². The van der Waals surface area contributed by atoms with E-state index in [1.807, 2.05) is 6.92 Å². The number of nitrogens with zero attached hydrogens (tertiary/aromatic N) is 3. The van der Waals surface area contributed by atoms with E-state index in [1.54, 1.807) is 6.92 Å². The molecule has 1 heterocycles. The van der Waals surface area contributed by atoms with E-state index in [0.717, 1.165) is 0 Å². The van der Waals surface area contributed by atoms with E-state index in [2.05, 4.69) is 12.6 Å². The Morgan fingerprint density at radius 2 is 2.07 bits per heavy atom. The number of rotatable bonds is 8. The molecule has 0 aromatic heterocycles. The van der Waals surface area contributed by atoms with Gasteiger partial charge in [0.25, 0.3) is 11.6 Å². The molecular weight excluding hydrogens is 418 g/mol. The number of hydrogen-bond donors (Lipinski definition) is 2. The molecule has 1 N–H and O–H groups in total. The Labute approximate surface area is 178 Å². The fourth-order valence-electron chi connectivity index (χ4n) is 3.11. The van der Waals surface area contributed by atoms with Crippen LogP contribution in [0.2, 0.25) is 0 Å². The molecule has 3 atom stereocenters. The largest absolute Gasteiger partial charge is 0.445 e. The van der Waals surface area contributed by atoms with E-state index in [0.29, 0.717) is 29.3 Å². The molecule has 1 aromatic rings. The highest BCUT2D eigenvalue weighted by molar-refractivity contribution is 8.00. The van der Waals surface area contributed by atoms with Crippen molar-refractivity contribution in [3.63, 3.8) is 0 Å². The maximum atomic E-state index is 12.7. The maximum Gasteiger partial charge on any atom is 0.410 e. The third kappa shape index (κ3) is 6.00. The molecule has 1 fully saturated rings. The van der Waals surface area contributed by atoms with Crippen molar-refractivity contribution in [1.82, 2.24) is 9.96 Å². The van der Waals surface area contributed by atoms with Gasteiger partial charge in [0.15, 0.2) is 0 Å². The summed E-state index contributed by atoms with van der Waals surface area (Å²) in [6.45, 7) is 4.01. The molecule has 0 aliphatic carbocycles. The zero-order valence-electron chi connectivity index (χ0n) is 16.3. The summed E-state index contributed by atoms with van der Waals surface area (Å²) < 4.78 is 5.37. The van der Waals surface area contributed by atoms with Crippen LogP contribution in [0.25, 0.3) is 0 Å². The lowest BCUT2D eigenvalue weighted by Crippen LogP contribution is -2.49. The number of likely N-dealkylation sites (tertiary alicyclic amines) is 1. The summed E-state index contributed by atoms with van der Waals surface area (Å²) in [6, 6.07) is 5.30. The van der Waals surface area contributed by atoms with Gasteiger partial charge in [-0.05, 0) is 36.8 Å². The quantitative estimate of drug-likeness (QED) is 0.275. The summed E-state index contributed by atoms with van der Waals surface area (Å²) in [6.07, 6.45) is -0.0723. The van der Waals surface area contributed by atoms with Crippen LogP contribution in [0.1, 0.15) is 25.8 Å². The molecule has 2 rings (SSSR count). The number of benzene rings is 1. The predicted octanol–water partition coefficient (Wildman–Crippen LogP) is 2.96. The number of ether oxygens (including phenoxy) is 1. The topological polar surface area (TPSA) is 113 Å². The molecule has 0 saturated carbocycles. The fraction of sp³-hybridized carbons (Fsp3) is 0.556. The highest BCUT2D eigenvalue weighted by atomic mass is 32.2. The van der Waals surface area contributed by atoms with Gasteiger partial charge in [0.1, 0.15) is 11.9 Å². The van der Waals surface area contributed by atoms with E-state index < -0.39 is 28.2 Å². The summed E-state index contributed by atoms with van der Waals surface area (Å²) in [5, 5.41) is 20.5. The molecule has 1 saturated heterocycles. The Bertz CT molecular complexity index is 733. The Hall–Kier alpha value is -1.98. The first kappa shape index (κ1) is 23.3. The molecule has 1 aliphatic rings. The molecule has 9 nitrogen and oxygen atoms in total. The number of carbonyl (C=O) groups excluding carboxylic acids is 2. The number of nitro groups is 1. The number of amides is 2. The zero-order valence-corrected chi connectivity index (χ0v) is 18.0. The second-order valence-corrected chi connectivity index (χ2v) is 8.67. The molecule has 2 amide bonds. The minimum Gasteiger partial charge on any atom is -0.445 e. The molecule has 160 valence electrons. The molecule has 29 heavy (non-hydrogen) atoms. The fourth-order valence-corrected chi connectivity index (χ4v) is 4.61. The molecule has 1 unspecified atom stereocenters. The SMILES string of the molecule is CCSC(C(=O)N(O)CC)[C@@H]1C[C@H](S)CN1C(=O)OCc1ccc([N+](=O)[O-])cc1. The normalized spacial score (nSPS) is 19.7. The lowest BCUT2D eigenvalue weighted by molar-refractivity contribution is -0.384. The Kier molecular flexibility index (Phi) is 8.60. The minimum atomic E-state index is -0.617. The van der Waals surface area contributed by atoms with Crippen LogP contribution in [0.3, 0.4) is 0 Å². The van der Waals surface area contributed by atoms with Crippen molar-refractivity contribution in [1.29, 1.82) is 0 Å². The van der Waals surface area contributed by atoms with Crippen molar-refractivity contribution in [2.24, 2.45) is 0 Å². The van der Waals surface area contributed by atoms with E-state index in [9.17, 15) is 24.9 Å².